The van der Waals surface area contributed by atoms with Crippen molar-refractivity contribution in [2.45, 2.75) is 57.7 Å². The number of hydrogen-bond donors (Lipinski definition) is 4. The van der Waals surface area contributed by atoms with E-state index in [9.17, 15) is 4.79 Å². The Balaban J connectivity index is 1.94. The Morgan fingerprint density at radius 3 is 2.92 bits per heavy atom. The number of nitrogens with zero attached hydrogens (tertiary/aromatic N) is 3. The molecule has 1 saturated carbocycles. The third-order valence-corrected chi connectivity index (χ3v) is 4.80. The minimum absolute atomic E-state index is 0.0828. The zero-order chi connectivity index (χ0) is 18.5. The van der Waals surface area contributed by atoms with Crippen LogP contribution in [-0.4, -0.2) is 40.7 Å². The molecule has 1 amide bonds. The van der Waals surface area contributed by atoms with Crippen LogP contribution >= 0.6 is 0 Å². The van der Waals surface area contributed by atoms with E-state index >= 15 is 0 Å². The number of aliphatic imine (C=N–C) groups is 1. The molecule has 2 atom stereocenters. The number of anilines is 1. The summed E-state index contributed by atoms with van der Waals surface area (Å²) in [6.45, 7) is 3.13. The molecular formula is C18H27N7O. The second-order valence-electron chi connectivity index (χ2n) is 6.76. The van der Waals surface area contributed by atoms with Crippen LogP contribution in [0, 0.1) is 0 Å². The monoisotopic (exact) mass is 357 g/mol. The van der Waals surface area contributed by atoms with Gasteiger partial charge in [0.2, 0.25) is 5.95 Å². The van der Waals surface area contributed by atoms with Crippen LogP contribution in [0.4, 0.5) is 5.95 Å². The van der Waals surface area contributed by atoms with E-state index < -0.39 is 0 Å². The van der Waals surface area contributed by atoms with Crippen molar-refractivity contribution in [2.24, 2.45) is 16.5 Å². The zero-order valence-corrected chi connectivity index (χ0v) is 15.2. The van der Waals surface area contributed by atoms with Gasteiger partial charge in [0.15, 0.2) is 0 Å². The maximum Gasteiger partial charge on any atom is 0.255 e. The fraction of sp³-hybridized carbons (Fsp3) is 0.556. The second kappa shape index (κ2) is 8.27. The fourth-order valence-corrected chi connectivity index (χ4v) is 3.38. The van der Waals surface area contributed by atoms with Crippen LogP contribution in [0.5, 0.6) is 0 Å². The fourth-order valence-electron chi connectivity index (χ4n) is 3.38. The van der Waals surface area contributed by atoms with E-state index in [0.717, 1.165) is 32.1 Å². The molecule has 1 fully saturated rings. The lowest BCUT2D eigenvalue weighted by atomic mass is 9.91. The van der Waals surface area contributed by atoms with E-state index in [1.807, 2.05) is 0 Å². The number of carbonyl (C=O) groups is 1. The highest BCUT2D eigenvalue weighted by atomic mass is 16.1. The number of amides is 1. The van der Waals surface area contributed by atoms with Gasteiger partial charge in [0.05, 0.1) is 23.5 Å². The van der Waals surface area contributed by atoms with Crippen molar-refractivity contribution in [3.05, 3.63) is 23.2 Å². The SMILES string of the molecule is CCCN=C/C(=C/N)c1nc(N[C@@H]2CCCC[C@@H]2N)nc2c1C(=O)NC2. The predicted octanol–water partition coefficient (Wildman–Crippen LogP) is 1.18. The van der Waals surface area contributed by atoms with E-state index in [4.69, 9.17) is 11.5 Å². The van der Waals surface area contributed by atoms with Gasteiger partial charge in [0, 0.05) is 36.6 Å². The molecule has 2 heterocycles. The molecule has 8 heteroatoms. The normalized spacial score (nSPS) is 23.2. The number of rotatable bonds is 6. The Kier molecular flexibility index (Phi) is 5.82. The maximum absolute atomic E-state index is 12.2. The summed E-state index contributed by atoms with van der Waals surface area (Å²) in [5.41, 5.74) is 14.3. The van der Waals surface area contributed by atoms with Crippen LogP contribution in [0.2, 0.25) is 0 Å². The molecule has 6 N–H and O–H groups in total. The number of nitrogens with one attached hydrogen (secondary N) is 2. The van der Waals surface area contributed by atoms with Gasteiger partial charge in [-0.15, -0.1) is 0 Å². The molecule has 0 spiro atoms. The average Bonchev–Trinajstić information content (AvgIpc) is 3.01. The van der Waals surface area contributed by atoms with Crippen molar-refractivity contribution in [1.29, 1.82) is 0 Å². The molecular weight excluding hydrogens is 330 g/mol. The van der Waals surface area contributed by atoms with Crippen molar-refractivity contribution in [3.63, 3.8) is 0 Å². The Morgan fingerprint density at radius 1 is 1.38 bits per heavy atom. The first kappa shape index (κ1) is 18.3. The highest BCUT2D eigenvalue weighted by Gasteiger charge is 2.29. The largest absolute Gasteiger partial charge is 0.404 e. The molecule has 0 saturated heterocycles. The van der Waals surface area contributed by atoms with Gasteiger partial charge >= 0.3 is 0 Å². The zero-order valence-electron chi connectivity index (χ0n) is 15.2. The lowest BCUT2D eigenvalue weighted by Crippen LogP contribution is -2.43. The Labute approximate surface area is 153 Å². The first-order valence-corrected chi connectivity index (χ1v) is 9.27. The summed E-state index contributed by atoms with van der Waals surface area (Å²) in [7, 11) is 0. The minimum atomic E-state index is -0.181. The number of nitrogens with two attached hydrogens (primary N) is 2. The summed E-state index contributed by atoms with van der Waals surface area (Å²) >= 11 is 0. The summed E-state index contributed by atoms with van der Waals surface area (Å²) in [5.74, 6) is 0.306. The quantitative estimate of drug-likeness (QED) is 0.565. The van der Waals surface area contributed by atoms with Gasteiger partial charge in [-0.3, -0.25) is 9.79 Å². The van der Waals surface area contributed by atoms with Crippen molar-refractivity contribution >= 4 is 23.6 Å². The summed E-state index contributed by atoms with van der Waals surface area (Å²) in [6.07, 6.45) is 8.32. The molecule has 1 aliphatic heterocycles. The van der Waals surface area contributed by atoms with Crippen molar-refractivity contribution in [3.8, 4) is 0 Å². The van der Waals surface area contributed by atoms with Crippen LogP contribution in [0.3, 0.4) is 0 Å². The van der Waals surface area contributed by atoms with Gasteiger partial charge in [-0.25, -0.2) is 9.97 Å². The van der Waals surface area contributed by atoms with Gasteiger partial charge < -0.3 is 22.1 Å². The summed E-state index contributed by atoms with van der Waals surface area (Å²) < 4.78 is 0. The van der Waals surface area contributed by atoms with E-state index in [-0.39, 0.29) is 18.0 Å². The molecule has 1 aromatic rings. The molecule has 1 aromatic heterocycles. The van der Waals surface area contributed by atoms with E-state index in [1.165, 1.54) is 6.20 Å². The summed E-state index contributed by atoms with van der Waals surface area (Å²) in [6, 6.07) is 0.221. The van der Waals surface area contributed by atoms with Crippen molar-refractivity contribution in [1.82, 2.24) is 15.3 Å². The molecule has 2 aliphatic rings. The number of allylic oxidation sites excluding steroid dienone is 1. The lowest BCUT2D eigenvalue weighted by Gasteiger charge is -2.29. The topological polar surface area (TPSA) is 131 Å². The van der Waals surface area contributed by atoms with Gasteiger partial charge in [-0.05, 0) is 19.3 Å². The molecule has 26 heavy (non-hydrogen) atoms. The Bertz CT molecular complexity index is 728. The van der Waals surface area contributed by atoms with Gasteiger partial charge in [-0.1, -0.05) is 19.8 Å². The van der Waals surface area contributed by atoms with Gasteiger partial charge in [0.25, 0.3) is 5.91 Å². The summed E-state index contributed by atoms with van der Waals surface area (Å²) in [5, 5.41) is 6.17. The van der Waals surface area contributed by atoms with E-state index in [0.29, 0.717) is 41.6 Å². The van der Waals surface area contributed by atoms with Crippen LogP contribution in [0.1, 0.15) is 60.8 Å². The Morgan fingerprint density at radius 2 is 2.19 bits per heavy atom. The standard InChI is InChI=1S/C18H27N7O/c1-2-7-21-9-11(8-19)16-15-14(10-22-17(15)26)24-18(25-16)23-13-6-4-3-5-12(13)20/h8-9,12-13H,2-7,10,19-20H2,1H3,(H,22,26)(H,23,24,25)/b11-8-,21-9?/t12-,13+/m0/s1. The molecule has 3 rings (SSSR count). The minimum Gasteiger partial charge on any atom is -0.404 e. The molecule has 140 valence electrons. The average molecular weight is 357 g/mol. The van der Waals surface area contributed by atoms with Crippen molar-refractivity contribution in [2.75, 3.05) is 11.9 Å². The van der Waals surface area contributed by atoms with Gasteiger partial charge in [0.1, 0.15) is 0 Å². The van der Waals surface area contributed by atoms with Crippen molar-refractivity contribution < 1.29 is 4.79 Å². The van der Waals surface area contributed by atoms with Gasteiger partial charge in [-0.2, -0.15) is 0 Å². The predicted molar refractivity (Wildman–Crippen MR) is 103 cm³/mol. The number of carbonyl (C=O) groups excluding carboxylic acids is 1. The first-order valence-electron chi connectivity index (χ1n) is 9.27. The van der Waals surface area contributed by atoms with E-state index in [2.05, 4.69) is 32.5 Å². The molecule has 0 radical (unpaired) electrons. The molecule has 1 aliphatic carbocycles. The third-order valence-electron chi connectivity index (χ3n) is 4.80. The maximum atomic E-state index is 12.2. The lowest BCUT2D eigenvalue weighted by molar-refractivity contribution is 0.0965. The highest BCUT2D eigenvalue weighted by molar-refractivity contribution is 6.14. The first-order chi connectivity index (χ1) is 12.6. The number of hydrogen-bond acceptors (Lipinski definition) is 7. The number of aromatic nitrogens is 2. The molecule has 0 aromatic carbocycles. The molecule has 0 bridgehead atoms. The Hall–Kier alpha value is -2.48. The van der Waals surface area contributed by atoms with Crippen LogP contribution in [0.25, 0.3) is 5.57 Å². The molecule has 0 unspecified atom stereocenters. The van der Waals surface area contributed by atoms with Crippen LogP contribution in [-0.2, 0) is 6.54 Å². The third kappa shape index (κ3) is 3.85. The highest BCUT2D eigenvalue weighted by Crippen LogP contribution is 2.26. The summed E-state index contributed by atoms with van der Waals surface area (Å²) in [4.78, 5) is 25.7. The van der Waals surface area contributed by atoms with Crippen LogP contribution in [0.15, 0.2) is 11.2 Å². The van der Waals surface area contributed by atoms with E-state index in [1.54, 1.807) is 6.21 Å². The molecule has 8 nitrogen and oxygen atoms in total. The second-order valence-corrected chi connectivity index (χ2v) is 6.76. The van der Waals surface area contributed by atoms with Crippen LogP contribution < -0.4 is 22.1 Å². The number of fused-ring (bicyclic) bond motifs is 1. The smallest absolute Gasteiger partial charge is 0.255 e.